The van der Waals surface area contributed by atoms with Crippen molar-refractivity contribution in [2.24, 2.45) is 0 Å². The Kier molecular flexibility index (Phi) is 13.3. The fraction of sp³-hybridized carbons (Fsp3) is 0.733. The second-order valence-electron chi connectivity index (χ2n) is 4.31. The zero-order valence-electron chi connectivity index (χ0n) is 11.4. The van der Waals surface area contributed by atoms with Gasteiger partial charge in [-0.15, -0.1) is 0 Å². The van der Waals surface area contributed by atoms with Gasteiger partial charge in [0.05, 0.1) is 12.9 Å². The Morgan fingerprint density at radius 3 is 2.61 bits per heavy atom. The Hall–Kier alpha value is -0.980. The molecule has 18 heavy (non-hydrogen) atoms. The molecule has 0 heterocycles. The molecular formula is C15H26O3. The van der Waals surface area contributed by atoms with Crippen molar-refractivity contribution in [1.82, 2.24) is 0 Å². The number of unbranched alkanes of at least 4 members (excludes halogenated alkanes) is 6. The van der Waals surface area contributed by atoms with Crippen LogP contribution in [0.3, 0.4) is 0 Å². The van der Waals surface area contributed by atoms with Gasteiger partial charge >= 0.3 is 0 Å². The lowest BCUT2D eigenvalue weighted by atomic mass is 10.1. The first kappa shape index (κ1) is 17.0. The SMILES string of the molecule is CCCCCCCCC#C/C=C/OC[C@@H](O)CO. The molecule has 0 unspecified atom stereocenters. The van der Waals surface area contributed by atoms with E-state index in [1.54, 1.807) is 6.08 Å². The van der Waals surface area contributed by atoms with Gasteiger partial charge in [0.15, 0.2) is 0 Å². The van der Waals surface area contributed by atoms with Crippen LogP contribution in [0.5, 0.6) is 0 Å². The highest BCUT2D eigenvalue weighted by Crippen LogP contribution is 2.05. The van der Waals surface area contributed by atoms with Gasteiger partial charge in [-0.2, -0.15) is 0 Å². The molecule has 2 N–H and O–H groups in total. The lowest BCUT2D eigenvalue weighted by Gasteiger charge is -2.04. The monoisotopic (exact) mass is 254 g/mol. The summed E-state index contributed by atoms with van der Waals surface area (Å²) in [5.41, 5.74) is 0. The molecule has 0 aromatic rings. The summed E-state index contributed by atoms with van der Waals surface area (Å²) in [6.45, 7) is 2.04. The largest absolute Gasteiger partial charge is 0.498 e. The molecule has 0 fully saturated rings. The highest BCUT2D eigenvalue weighted by Gasteiger charge is 1.98. The first-order valence-corrected chi connectivity index (χ1v) is 6.85. The lowest BCUT2D eigenvalue weighted by Crippen LogP contribution is -2.17. The number of hydrogen-bond acceptors (Lipinski definition) is 3. The van der Waals surface area contributed by atoms with Crippen molar-refractivity contribution in [2.75, 3.05) is 13.2 Å². The normalized spacial score (nSPS) is 12.2. The first-order chi connectivity index (χ1) is 8.81. The van der Waals surface area contributed by atoms with Crippen LogP contribution in [0.15, 0.2) is 12.3 Å². The van der Waals surface area contributed by atoms with Crippen LogP contribution >= 0.6 is 0 Å². The van der Waals surface area contributed by atoms with E-state index in [2.05, 4.69) is 18.8 Å². The molecular weight excluding hydrogens is 228 g/mol. The molecule has 0 saturated heterocycles. The Balaban J connectivity index is 3.30. The summed E-state index contributed by atoms with van der Waals surface area (Å²) < 4.78 is 4.97. The van der Waals surface area contributed by atoms with Crippen LogP contribution in [0.25, 0.3) is 0 Å². The molecule has 0 saturated carbocycles. The number of rotatable bonds is 10. The molecule has 3 heteroatoms. The van der Waals surface area contributed by atoms with Gasteiger partial charge in [0.2, 0.25) is 0 Å². The molecule has 0 aliphatic heterocycles. The smallest absolute Gasteiger partial charge is 0.115 e. The molecule has 0 radical (unpaired) electrons. The van der Waals surface area contributed by atoms with Gasteiger partial charge in [-0.25, -0.2) is 0 Å². The zero-order chi connectivity index (χ0) is 13.5. The van der Waals surface area contributed by atoms with E-state index < -0.39 is 6.10 Å². The van der Waals surface area contributed by atoms with E-state index in [0.717, 1.165) is 12.8 Å². The van der Waals surface area contributed by atoms with Crippen molar-refractivity contribution in [3.63, 3.8) is 0 Å². The average molecular weight is 254 g/mol. The van der Waals surface area contributed by atoms with Gasteiger partial charge < -0.3 is 14.9 Å². The fourth-order valence-corrected chi connectivity index (χ4v) is 1.43. The van der Waals surface area contributed by atoms with E-state index in [-0.39, 0.29) is 13.2 Å². The zero-order valence-corrected chi connectivity index (χ0v) is 11.4. The summed E-state index contributed by atoms with van der Waals surface area (Å²) in [5, 5.41) is 17.5. The van der Waals surface area contributed by atoms with E-state index >= 15 is 0 Å². The molecule has 3 nitrogen and oxygen atoms in total. The quantitative estimate of drug-likeness (QED) is 0.358. The van der Waals surface area contributed by atoms with Gasteiger partial charge in [0.25, 0.3) is 0 Å². The predicted octanol–water partition coefficient (Wildman–Crippen LogP) is 2.62. The fourth-order valence-electron chi connectivity index (χ4n) is 1.43. The topological polar surface area (TPSA) is 49.7 Å². The van der Waals surface area contributed by atoms with Crippen LogP contribution in [0.1, 0.15) is 51.9 Å². The van der Waals surface area contributed by atoms with Gasteiger partial charge in [0, 0.05) is 12.5 Å². The second-order valence-corrected chi connectivity index (χ2v) is 4.31. The predicted molar refractivity (Wildman–Crippen MR) is 74.0 cm³/mol. The third-order valence-corrected chi connectivity index (χ3v) is 2.50. The summed E-state index contributed by atoms with van der Waals surface area (Å²) in [7, 11) is 0. The van der Waals surface area contributed by atoms with Crippen LogP contribution in [0.4, 0.5) is 0 Å². The summed E-state index contributed by atoms with van der Waals surface area (Å²) in [6.07, 6.45) is 10.9. The molecule has 0 aliphatic carbocycles. The van der Waals surface area contributed by atoms with E-state index in [1.807, 2.05) is 0 Å². The van der Waals surface area contributed by atoms with Crippen LogP contribution < -0.4 is 0 Å². The summed E-state index contributed by atoms with van der Waals surface area (Å²) in [4.78, 5) is 0. The Morgan fingerprint density at radius 1 is 1.17 bits per heavy atom. The Bertz CT molecular complexity index is 250. The number of aliphatic hydroxyl groups excluding tert-OH is 2. The second kappa shape index (κ2) is 14.1. The maximum atomic E-state index is 8.97. The average Bonchev–Trinajstić information content (AvgIpc) is 2.39. The highest BCUT2D eigenvalue weighted by atomic mass is 16.5. The van der Waals surface area contributed by atoms with Crippen LogP contribution in [-0.2, 0) is 4.74 Å². The molecule has 0 aromatic heterocycles. The molecule has 104 valence electrons. The van der Waals surface area contributed by atoms with Gasteiger partial charge in [-0.3, -0.25) is 0 Å². The number of ether oxygens (including phenoxy) is 1. The van der Waals surface area contributed by atoms with Crippen molar-refractivity contribution < 1.29 is 14.9 Å². The van der Waals surface area contributed by atoms with E-state index in [4.69, 9.17) is 14.9 Å². The molecule has 0 aliphatic rings. The highest BCUT2D eigenvalue weighted by molar-refractivity contribution is 5.13. The molecule has 0 spiro atoms. The van der Waals surface area contributed by atoms with Crippen LogP contribution in [-0.4, -0.2) is 29.5 Å². The van der Waals surface area contributed by atoms with Gasteiger partial charge in [-0.05, 0) is 6.42 Å². The molecule has 0 aromatic carbocycles. The molecule has 0 bridgehead atoms. The summed E-state index contributed by atoms with van der Waals surface area (Å²) in [5.74, 6) is 5.93. The maximum Gasteiger partial charge on any atom is 0.115 e. The standard InChI is InChI=1S/C15H26O3/c1-2-3-4-5-6-7-8-9-10-11-12-18-14-15(17)13-16/h11-12,15-17H,2-8,13-14H2,1H3/b12-11+/t15-/m0/s1. The third kappa shape index (κ3) is 13.1. The number of aliphatic hydroxyl groups is 2. The lowest BCUT2D eigenvalue weighted by molar-refractivity contribution is 0.0385. The van der Waals surface area contributed by atoms with E-state index in [9.17, 15) is 0 Å². The Morgan fingerprint density at radius 2 is 1.89 bits per heavy atom. The molecule has 0 amide bonds. The van der Waals surface area contributed by atoms with Crippen LogP contribution in [0.2, 0.25) is 0 Å². The van der Waals surface area contributed by atoms with Crippen molar-refractivity contribution in [1.29, 1.82) is 0 Å². The van der Waals surface area contributed by atoms with Gasteiger partial charge in [-0.1, -0.05) is 50.9 Å². The van der Waals surface area contributed by atoms with Crippen molar-refractivity contribution in [3.8, 4) is 11.8 Å². The summed E-state index contributed by atoms with van der Waals surface area (Å²) >= 11 is 0. The van der Waals surface area contributed by atoms with E-state index in [0.29, 0.717) is 0 Å². The van der Waals surface area contributed by atoms with E-state index in [1.165, 1.54) is 38.4 Å². The Labute approximate surface area is 111 Å². The minimum atomic E-state index is -0.814. The van der Waals surface area contributed by atoms with Crippen molar-refractivity contribution in [2.45, 2.75) is 58.0 Å². The summed E-state index contributed by atoms with van der Waals surface area (Å²) in [6, 6.07) is 0. The first-order valence-electron chi connectivity index (χ1n) is 6.85. The minimum absolute atomic E-state index is 0.103. The third-order valence-electron chi connectivity index (χ3n) is 2.50. The van der Waals surface area contributed by atoms with Gasteiger partial charge in [0.1, 0.15) is 12.7 Å². The minimum Gasteiger partial charge on any atom is -0.498 e. The van der Waals surface area contributed by atoms with Crippen molar-refractivity contribution >= 4 is 0 Å². The number of hydrogen-bond donors (Lipinski definition) is 2. The van der Waals surface area contributed by atoms with Crippen LogP contribution in [0, 0.1) is 11.8 Å². The number of allylic oxidation sites excluding steroid dienone is 1. The maximum absolute atomic E-state index is 8.97. The molecule has 0 rings (SSSR count). The molecule has 1 atom stereocenters. The van der Waals surface area contributed by atoms with Crippen molar-refractivity contribution in [3.05, 3.63) is 12.3 Å².